The molecule has 0 saturated heterocycles. The number of halogens is 2. The molecule has 11 heteroatoms. The number of ketones is 1. The van der Waals surface area contributed by atoms with Crippen molar-refractivity contribution < 1.29 is 29.7 Å². The zero-order valence-electron chi connectivity index (χ0n) is 19.8. The molecule has 4 rings (SSSR count). The summed E-state index contributed by atoms with van der Waals surface area (Å²) in [5.41, 5.74) is 2.24. The zero-order valence-corrected chi connectivity index (χ0v) is 21.3. The molecule has 0 aliphatic carbocycles. The van der Waals surface area contributed by atoms with Crippen LogP contribution >= 0.6 is 23.2 Å². The molecule has 2 atom stereocenters. The molecule has 0 spiro atoms. The molecule has 3 aromatic carbocycles. The van der Waals surface area contributed by atoms with E-state index in [0.29, 0.717) is 22.5 Å². The quantitative estimate of drug-likeness (QED) is 0.237. The SMILES string of the molecule is O=C(NCc1cccc(O)c1)c1cc(Cl)c(C(=O)CC(NCC2=Nc3ccccc3C2O)C(=O)O)c(Cl)c1. The number of rotatable bonds is 10. The largest absolute Gasteiger partial charge is 0.508 e. The third kappa shape index (κ3) is 6.20. The van der Waals surface area contributed by atoms with Gasteiger partial charge < -0.3 is 20.6 Å². The number of amides is 1. The first-order valence-electron chi connectivity index (χ1n) is 11.5. The Kier molecular flexibility index (Phi) is 8.43. The molecule has 1 amide bonds. The number of para-hydroxylation sites is 1. The fraction of sp³-hybridized carbons (Fsp3) is 0.185. The van der Waals surface area contributed by atoms with E-state index in [0.717, 1.165) is 0 Å². The molecule has 0 bridgehead atoms. The number of Topliss-reactive ketones (excluding diaryl/α,β-unsaturated/α-hetero) is 1. The lowest BCUT2D eigenvalue weighted by Gasteiger charge is -2.16. The van der Waals surface area contributed by atoms with Gasteiger partial charge >= 0.3 is 5.97 Å². The number of fused-ring (bicyclic) bond motifs is 1. The van der Waals surface area contributed by atoms with Crippen LogP contribution in [0.15, 0.2) is 65.7 Å². The minimum absolute atomic E-state index is 0.0557. The normalized spacial score (nSPS) is 14.9. The lowest BCUT2D eigenvalue weighted by molar-refractivity contribution is -0.139. The average Bonchev–Trinajstić information content (AvgIpc) is 3.20. The van der Waals surface area contributed by atoms with Gasteiger partial charge in [-0.1, -0.05) is 53.5 Å². The topological polar surface area (TPSA) is 148 Å². The molecule has 1 aliphatic rings. The van der Waals surface area contributed by atoms with Crippen LogP contribution in [0.4, 0.5) is 5.69 Å². The number of hydrogen-bond acceptors (Lipinski definition) is 7. The van der Waals surface area contributed by atoms with Gasteiger partial charge in [-0.05, 0) is 35.9 Å². The number of aliphatic carboxylic acids is 1. The predicted octanol–water partition coefficient (Wildman–Crippen LogP) is 4.06. The molecule has 0 saturated carbocycles. The lowest BCUT2D eigenvalue weighted by Crippen LogP contribution is -2.41. The van der Waals surface area contributed by atoms with Crippen LogP contribution in [-0.4, -0.2) is 51.3 Å². The highest BCUT2D eigenvalue weighted by molar-refractivity contribution is 6.40. The van der Waals surface area contributed by atoms with E-state index in [2.05, 4.69) is 15.6 Å². The van der Waals surface area contributed by atoms with E-state index in [4.69, 9.17) is 23.2 Å². The Morgan fingerprint density at radius 2 is 1.68 bits per heavy atom. The molecule has 2 unspecified atom stereocenters. The van der Waals surface area contributed by atoms with E-state index in [-0.39, 0.29) is 40.0 Å². The average molecular weight is 556 g/mol. The molecule has 0 radical (unpaired) electrons. The predicted molar refractivity (Wildman–Crippen MR) is 143 cm³/mol. The first-order valence-corrected chi connectivity index (χ1v) is 12.3. The monoisotopic (exact) mass is 555 g/mol. The van der Waals surface area contributed by atoms with Crippen molar-refractivity contribution in [2.75, 3.05) is 6.54 Å². The number of aromatic hydroxyl groups is 1. The van der Waals surface area contributed by atoms with Crippen molar-refractivity contribution in [3.8, 4) is 5.75 Å². The fourth-order valence-corrected chi connectivity index (χ4v) is 4.73. The number of aliphatic imine (C=N–C) groups is 1. The molecule has 0 aromatic heterocycles. The number of aliphatic hydroxyl groups excluding tert-OH is 1. The zero-order chi connectivity index (χ0) is 27.4. The number of benzene rings is 3. The molecular weight excluding hydrogens is 533 g/mol. The second-order valence-electron chi connectivity index (χ2n) is 8.63. The number of nitrogens with one attached hydrogen (secondary N) is 2. The minimum Gasteiger partial charge on any atom is -0.508 e. The van der Waals surface area contributed by atoms with Crippen LogP contribution < -0.4 is 10.6 Å². The Hall–Kier alpha value is -3.76. The lowest BCUT2D eigenvalue weighted by atomic mass is 10.0. The number of hydrogen-bond donors (Lipinski definition) is 5. The van der Waals surface area contributed by atoms with Gasteiger partial charge in [-0.15, -0.1) is 0 Å². The number of phenolic OH excluding ortho intramolecular Hbond substituents is 1. The third-order valence-electron chi connectivity index (χ3n) is 5.98. The van der Waals surface area contributed by atoms with Crippen LogP contribution in [0.2, 0.25) is 10.0 Å². The maximum atomic E-state index is 13.0. The highest BCUT2D eigenvalue weighted by Crippen LogP contribution is 2.33. The van der Waals surface area contributed by atoms with Gasteiger partial charge in [0, 0.05) is 30.6 Å². The van der Waals surface area contributed by atoms with E-state index in [1.807, 2.05) is 0 Å². The van der Waals surface area contributed by atoms with Crippen LogP contribution in [0.25, 0.3) is 0 Å². The van der Waals surface area contributed by atoms with Gasteiger partial charge in [0.2, 0.25) is 0 Å². The summed E-state index contributed by atoms with van der Waals surface area (Å²) < 4.78 is 0. The van der Waals surface area contributed by atoms with Crippen LogP contribution in [0.3, 0.4) is 0 Å². The summed E-state index contributed by atoms with van der Waals surface area (Å²) in [5.74, 6) is -2.35. The molecule has 1 aliphatic heterocycles. The summed E-state index contributed by atoms with van der Waals surface area (Å²) in [7, 11) is 0. The van der Waals surface area contributed by atoms with Crippen molar-refractivity contribution in [3.05, 3.63) is 93.0 Å². The summed E-state index contributed by atoms with van der Waals surface area (Å²) in [6, 6.07) is 14.7. The van der Waals surface area contributed by atoms with Crippen molar-refractivity contribution in [2.45, 2.75) is 25.1 Å². The van der Waals surface area contributed by atoms with Crippen molar-refractivity contribution in [1.29, 1.82) is 0 Å². The van der Waals surface area contributed by atoms with Gasteiger partial charge in [-0.25, -0.2) is 0 Å². The Labute approximate surface area is 227 Å². The maximum absolute atomic E-state index is 13.0. The van der Waals surface area contributed by atoms with Gasteiger partial charge in [-0.2, -0.15) is 0 Å². The third-order valence-corrected chi connectivity index (χ3v) is 6.57. The molecule has 1 heterocycles. The molecule has 9 nitrogen and oxygen atoms in total. The Balaban J connectivity index is 1.41. The Morgan fingerprint density at radius 3 is 2.34 bits per heavy atom. The molecule has 5 N–H and O–H groups in total. The molecule has 38 heavy (non-hydrogen) atoms. The van der Waals surface area contributed by atoms with E-state index < -0.39 is 36.2 Å². The summed E-state index contributed by atoms with van der Waals surface area (Å²) in [5, 5.41) is 34.9. The number of carboxylic acids is 1. The van der Waals surface area contributed by atoms with Crippen LogP contribution in [0, 0.1) is 0 Å². The van der Waals surface area contributed by atoms with Crippen LogP contribution in [0.5, 0.6) is 5.75 Å². The van der Waals surface area contributed by atoms with Crippen molar-refractivity contribution in [1.82, 2.24) is 10.6 Å². The molecule has 3 aromatic rings. The second-order valence-corrected chi connectivity index (χ2v) is 9.45. The Morgan fingerprint density at radius 1 is 0.974 bits per heavy atom. The van der Waals surface area contributed by atoms with E-state index >= 15 is 0 Å². The van der Waals surface area contributed by atoms with Crippen LogP contribution in [0.1, 0.15) is 44.4 Å². The maximum Gasteiger partial charge on any atom is 0.321 e. The molecular formula is C27H23Cl2N3O6. The first kappa shape index (κ1) is 27.3. The fourth-order valence-electron chi connectivity index (χ4n) is 4.04. The minimum atomic E-state index is -1.31. The molecule has 0 fully saturated rings. The summed E-state index contributed by atoms with van der Waals surface area (Å²) in [6.07, 6.45) is -1.45. The second kappa shape index (κ2) is 11.7. The Bertz CT molecular complexity index is 1420. The summed E-state index contributed by atoms with van der Waals surface area (Å²) >= 11 is 12.6. The number of carbonyl (C=O) groups excluding carboxylic acids is 2. The van der Waals surface area contributed by atoms with Gasteiger partial charge in [0.05, 0.1) is 27.0 Å². The highest BCUT2D eigenvalue weighted by Gasteiger charge is 2.29. The number of phenols is 1. The number of aliphatic hydroxyl groups is 1. The van der Waals surface area contributed by atoms with E-state index in [1.165, 1.54) is 24.3 Å². The van der Waals surface area contributed by atoms with E-state index in [9.17, 15) is 29.7 Å². The van der Waals surface area contributed by atoms with Crippen molar-refractivity contribution >= 4 is 52.3 Å². The number of nitrogens with zero attached hydrogens (tertiary/aromatic N) is 1. The smallest absolute Gasteiger partial charge is 0.321 e. The van der Waals surface area contributed by atoms with Crippen LogP contribution in [-0.2, 0) is 11.3 Å². The molecule has 196 valence electrons. The van der Waals surface area contributed by atoms with Gasteiger partial charge in [0.1, 0.15) is 17.9 Å². The summed E-state index contributed by atoms with van der Waals surface area (Å²) in [6.45, 7) is 0.0834. The number of carbonyl (C=O) groups is 3. The van der Waals surface area contributed by atoms with Crippen molar-refractivity contribution in [3.63, 3.8) is 0 Å². The first-order chi connectivity index (χ1) is 18.1. The van der Waals surface area contributed by atoms with Gasteiger partial charge in [-0.3, -0.25) is 24.7 Å². The van der Waals surface area contributed by atoms with Gasteiger partial charge in [0.15, 0.2) is 5.78 Å². The van der Waals surface area contributed by atoms with E-state index in [1.54, 1.807) is 36.4 Å². The van der Waals surface area contributed by atoms with Gasteiger partial charge in [0.25, 0.3) is 5.91 Å². The highest BCUT2D eigenvalue weighted by atomic mass is 35.5. The summed E-state index contributed by atoms with van der Waals surface area (Å²) in [4.78, 5) is 41.7. The van der Waals surface area contributed by atoms with Crippen molar-refractivity contribution in [2.24, 2.45) is 4.99 Å². The standard InChI is InChI=1S/C27H23Cl2N3O6/c28-18-9-15(26(36)31-12-14-4-3-5-16(33)8-14)10-19(29)24(18)23(34)11-21(27(37)38)30-13-22-25(35)17-6-1-2-7-20(17)32-22/h1-10,21,25,30,33,35H,11-13H2,(H,31,36)(H,37,38). The number of carboxylic acid groups (broad SMARTS) is 1.